The number of aromatic hydroxyl groups is 2. The SMILES string of the molecule is CCNCC(=O)c1ccc(O)c(O)c1. The van der Waals surface area contributed by atoms with E-state index in [9.17, 15) is 4.79 Å². The summed E-state index contributed by atoms with van der Waals surface area (Å²) in [7, 11) is 0. The van der Waals surface area contributed by atoms with Gasteiger partial charge in [0, 0.05) is 5.56 Å². The fourth-order valence-corrected chi connectivity index (χ4v) is 1.04. The van der Waals surface area contributed by atoms with Gasteiger partial charge in [-0.25, -0.2) is 0 Å². The maximum atomic E-state index is 11.4. The average Bonchev–Trinajstić information content (AvgIpc) is 2.18. The van der Waals surface area contributed by atoms with Gasteiger partial charge in [-0.2, -0.15) is 0 Å². The molecule has 0 heterocycles. The number of ketones is 1. The summed E-state index contributed by atoms with van der Waals surface area (Å²) in [5, 5.41) is 21.1. The third-order valence-corrected chi connectivity index (χ3v) is 1.83. The highest BCUT2D eigenvalue weighted by Gasteiger charge is 2.07. The third-order valence-electron chi connectivity index (χ3n) is 1.83. The minimum Gasteiger partial charge on any atom is -0.504 e. The highest BCUT2D eigenvalue weighted by atomic mass is 16.3. The Morgan fingerprint density at radius 2 is 2.07 bits per heavy atom. The smallest absolute Gasteiger partial charge is 0.176 e. The molecule has 0 aromatic heterocycles. The first kappa shape index (κ1) is 10.5. The van der Waals surface area contributed by atoms with Crippen LogP contribution in [0, 0.1) is 0 Å². The van der Waals surface area contributed by atoms with E-state index in [1.807, 2.05) is 6.92 Å². The van der Waals surface area contributed by atoms with Gasteiger partial charge in [-0.1, -0.05) is 6.92 Å². The Bertz CT molecular complexity index is 336. The van der Waals surface area contributed by atoms with Gasteiger partial charge in [0.25, 0.3) is 0 Å². The number of carbonyl (C=O) groups is 1. The molecule has 76 valence electrons. The van der Waals surface area contributed by atoms with E-state index in [-0.39, 0.29) is 23.8 Å². The van der Waals surface area contributed by atoms with E-state index in [0.29, 0.717) is 5.56 Å². The predicted octanol–water partition coefficient (Wildman–Crippen LogP) is 0.890. The highest BCUT2D eigenvalue weighted by Crippen LogP contribution is 2.24. The molecule has 0 saturated carbocycles. The number of rotatable bonds is 4. The van der Waals surface area contributed by atoms with Crippen molar-refractivity contribution in [3.05, 3.63) is 23.8 Å². The second kappa shape index (κ2) is 4.62. The van der Waals surface area contributed by atoms with Gasteiger partial charge < -0.3 is 15.5 Å². The first-order valence-corrected chi connectivity index (χ1v) is 4.41. The molecule has 0 spiro atoms. The van der Waals surface area contributed by atoms with Crippen molar-refractivity contribution >= 4 is 5.78 Å². The molecule has 4 heteroatoms. The van der Waals surface area contributed by atoms with Crippen molar-refractivity contribution in [3.8, 4) is 11.5 Å². The van der Waals surface area contributed by atoms with Gasteiger partial charge in [0.1, 0.15) is 0 Å². The zero-order valence-electron chi connectivity index (χ0n) is 7.95. The number of hydrogen-bond acceptors (Lipinski definition) is 4. The summed E-state index contributed by atoms with van der Waals surface area (Å²) in [6.45, 7) is 2.86. The standard InChI is InChI=1S/C10H13NO3/c1-2-11-6-10(14)7-3-4-8(12)9(13)5-7/h3-5,11-13H,2,6H2,1H3. The lowest BCUT2D eigenvalue weighted by molar-refractivity contribution is 0.0991. The van der Waals surface area contributed by atoms with Gasteiger partial charge >= 0.3 is 0 Å². The van der Waals surface area contributed by atoms with Crippen LogP contribution in [0.5, 0.6) is 11.5 Å². The molecule has 0 unspecified atom stereocenters. The zero-order chi connectivity index (χ0) is 10.6. The number of Topliss-reactive ketones (excluding diaryl/α,β-unsaturated/α-hetero) is 1. The third kappa shape index (κ3) is 2.47. The summed E-state index contributed by atoms with van der Waals surface area (Å²) < 4.78 is 0. The molecular formula is C10H13NO3. The summed E-state index contributed by atoms with van der Waals surface area (Å²) in [5.74, 6) is -0.598. The van der Waals surface area contributed by atoms with Crippen LogP contribution in [0.2, 0.25) is 0 Å². The van der Waals surface area contributed by atoms with Crippen LogP contribution >= 0.6 is 0 Å². The number of likely N-dealkylation sites (N-methyl/N-ethyl adjacent to an activating group) is 1. The monoisotopic (exact) mass is 195 g/mol. The molecule has 1 rings (SSSR count). The topological polar surface area (TPSA) is 69.6 Å². The molecule has 3 N–H and O–H groups in total. The average molecular weight is 195 g/mol. The van der Waals surface area contributed by atoms with Crippen LogP contribution in [0.1, 0.15) is 17.3 Å². The lowest BCUT2D eigenvalue weighted by Gasteiger charge is -2.03. The molecule has 0 radical (unpaired) electrons. The maximum Gasteiger partial charge on any atom is 0.176 e. The summed E-state index contributed by atoms with van der Waals surface area (Å²) in [6.07, 6.45) is 0. The Morgan fingerprint density at radius 1 is 1.36 bits per heavy atom. The second-order valence-corrected chi connectivity index (χ2v) is 2.91. The molecule has 0 aliphatic carbocycles. The van der Waals surface area contributed by atoms with Crippen molar-refractivity contribution in [1.82, 2.24) is 5.32 Å². The van der Waals surface area contributed by atoms with Crippen molar-refractivity contribution in [2.75, 3.05) is 13.1 Å². The second-order valence-electron chi connectivity index (χ2n) is 2.91. The normalized spacial score (nSPS) is 10.1. The molecule has 0 bridgehead atoms. The number of nitrogens with one attached hydrogen (secondary N) is 1. The Balaban J connectivity index is 2.76. The van der Waals surface area contributed by atoms with Crippen LogP contribution in [0.15, 0.2) is 18.2 Å². The maximum absolute atomic E-state index is 11.4. The summed E-state index contributed by atoms with van der Waals surface area (Å²) in [5.41, 5.74) is 0.390. The van der Waals surface area contributed by atoms with Crippen LogP contribution < -0.4 is 5.32 Å². The van der Waals surface area contributed by atoms with Crippen LogP contribution in [0.4, 0.5) is 0 Å². The highest BCUT2D eigenvalue weighted by molar-refractivity contribution is 5.98. The van der Waals surface area contributed by atoms with E-state index >= 15 is 0 Å². The van der Waals surface area contributed by atoms with Crippen molar-refractivity contribution in [1.29, 1.82) is 0 Å². The quantitative estimate of drug-likeness (QED) is 0.493. The van der Waals surface area contributed by atoms with E-state index in [4.69, 9.17) is 10.2 Å². The molecule has 1 aromatic carbocycles. The van der Waals surface area contributed by atoms with E-state index in [2.05, 4.69) is 5.32 Å². The van der Waals surface area contributed by atoms with Crippen molar-refractivity contribution < 1.29 is 15.0 Å². The number of benzene rings is 1. The first-order chi connectivity index (χ1) is 6.65. The van der Waals surface area contributed by atoms with E-state index in [0.717, 1.165) is 6.54 Å². The van der Waals surface area contributed by atoms with Gasteiger partial charge in [-0.3, -0.25) is 4.79 Å². The van der Waals surface area contributed by atoms with Gasteiger partial charge in [0.15, 0.2) is 17.3 Å². The van der Waals surface area contributed by atoms with Crippen LogP contribution in [0.3, 0.4) is 0 Å². The van der Waals surface area contributed by atoms with Crippen molar-refractivity contribution in [3.63, 3.8) is 0 Å². The summed E-state index contributed by atoms with van der Waals surface area (Å²) >= 11 is 0. The molecule has 4 nitrogen and oxygen atoms in total. The predicted molar refractivity (Wildman–Crippen MR) is 52.6 cm³/mol. The Kier molecular flexibility index (Phi) is 3.48. The number of hydrogen-bond donors (Lipinski definition) is 3. The van der Waals surface area contributed by atoms with Gasteiger partial charge in [-0.15, -0.1) is 0 Å². The lowest BCUT2D eigenvalue weighted by Crippen LogP contribution is -2.22. The molecule has 0 amide bonds. The molecular weight excluding hydrogens is 182 g/mol. The van der Waals surface area contributed by atoms with Gasteiger partial charge in [0.2, 0.25) is 0 Å². The van der Waals surface area contributed by atoms with E-state index < -0.39 is 0 Å². The minimum absolute atomic E-state index is 0.109. The first-order valence-electron chi connectivity index (χ1n) is 4.41. The summed E-state index contributed by atoms with van der Waals surface area (Å²) in [4.78, 5) is 11.4. The minimum atomic E-state index is -0.271. The Labute approximate surface area is 82.2 Å². The Morgan fingerprint density at radius 3 is 2.64 bits per heavy atom. The largest absolute Gasteiger partial charge is 0.504 e. The molecule has 0 fully saturated rings. The fraction of sp³-hybridized carbons (Fsp3) is 0.300. The zero-order valence-corrected chi connectivity index (χ0v) is 7.95. The van der Waals surface area contributed by atoms with Gasteiger partial charge in [0.05, 0.1) is 6.54 Å². The van der Waals surface area contributed by atoms with E-state index in [1.165, 1.54) is 18.2 Å². The fourth-order valence-electron chi connectivity index (χ4n) is 1.04. The number of phenolic OH excluding ortho intramolecular Hbond substituents is 2. The van der Waals surface area contributed by atoms with Gasteiger partial charge in [-0.05, 0) is 24.7 Å². The lowest BCUT2D eigenvalue weighted by atomic mass is 10.1. The molecule has 1 aromatic rings. The molecule has 0 saturated heterocycles. The van der Waals surface area contributed by atoms with Crippen LogP contribution in [-0.4, -0.2) is 29.1 Å². The Hall–Kier alpha value is -1.55. The van der Waals surface area contributed by atoms with E-state index in [1.54, 1.807) is 0 Å². The molecule has 14 heavy (non-hydrogen) atoms. The van der Waals surface area contributed by atoms with Crippen LogP contribution in [0.25, 0.3) is 0 Å². The summed E-state index contributed by atoms with van der Waals surface area (Å²) in [6, 6.07) is 4.04. The van der Waals surface area contributed by atoms with Crippen LogP contribution in [-0.2, 0) is 0 Å². The number of phenols is 2. The molecule has 0 atom stereocenters. The van der Waals surface area contributed by atoms with Crippen molar-refractivity contribution in [2.24, 2.45) is 0 Å². The molecule has 0 aliphatic heterocycles. The molecule has 0 aliphatic rings. The van der Waals surface area contributed by atoms with Crippen molar-refractivity contribution in [2.45, 2.75) is 6.92 Å². The number of carbonyl (C=O) groups excluding carboxylic acids is 1.